The quantitative estimate of drug-likeness (QED) is 0.104. The van der Waals surface area contributed by atoms with Crippen LogP contribution in [0.4, 0.5) is 10.5 Å². The highest BCUT2D eigenvalue weighted by atomic mass is 16.5. The van der Waals surface area contributed by atoms with Gasteiger partial charge in [-0.1, -0.05) is 64.0 Å². The van der Waals surface area contributed by atoms with Gasteiger partial charge in [0, 0.05) is 43.9 Å². The van der Waals surface area contributed by atoms with Crippen molar-refractivity contribution >= 4 is 23.5 Å². The van der Waals surface area contributed by atoms with Crippen molar-refractivity contribution in [3.05, 3.63) is 36.9 Å². The monoisotopic (exact) mass is 597 g/mol. The number of likely N-dealkylation sites (tertiary alicyclic amines) is 1. The fourth-order valence-corrected chi connectivity index (χ4v) is 5.98. The minimum Gasteiger partial charge on any atom is -0.494 e. The van der Waals surface area contributed by atoms with E-state index in [0.29, 0.717) is 13.0 Å². The first-order valence-corrected chi connectivity index (χ1v) is 16.5. The predicted octanol–water partition coefficient (Wildman–Crippen LogP) is 5.91. The highest BCUT2D eigenvalue weighted by Gasteiger charge is 2.35. The summed E-state index contributed by atoms with van der Waals surface area (Å²) in [4.78, 5) is 37.1. The molecule has 2 aliphatic rings. The molecule has 0 aromatic heterocycles. The number of anilines is 1. The molecular weight excluding hydrogens is 542 g/mol. The molecule has 2 fully saturated rings. The van der Waals surface area contributed by atoms with Gasteiger partial charge in [-0.05, 0) is 64.2 Å². The topological polar surface area (TPSA) is 112 Å². The summed E-state index contributed by atoms with van der Waals surface area (Å²) in [5, 5.41) is 12.5. The van der Waals surface area contributed by atoms with Crippen molar-refractivity contribution in [3.63, 3.8) is 0 Å². The number of urea groups is 1. The normalized spacial score (nSPS) is 21.3. The SMILES string of the molecule is C=CC(=O)N1CCC(C)(Nc2cccc(OCCCCCCCCCCNC(=O)CCCCC[C@H]3NC(=O)N[C@H]3C)c2)C1. The van der Waals surface area contributed by atoms with Crippen LogP contribution in [0.2, 0.25) is 0 Å². The number of carbonyl (C=O) groups excluding carboxylic acids is 3. The molecule has 43 heavy (non-hydrogen) atoms. The summed E-state index contributed by atoms with van der Waals surface area (Å²) >= 11 is 0. The van der Waals surface area contributed by atoms with E-state index in [2.05, 4.69) is 34.8 Å². The third-order valence-electron chi connectivity index (χ3n) is 8.60. The minimum absolute atomic E-state index is 0.0104. The van der Waals surface area contributed by atoms with Gasteiger partial charge in [0.2, 0.25) is 11.8 Å². The number of nitrogens with zero attached hydrogens (tertiary/aromatic N) is 1. The Labute approximate surface area is 259 Å². The fraction of sp³-hybridized carbons (Fsp3) is 0.676. The summed E-state index contributed by atoms with van der Waals surface area (Å²) in [6, 6.07) is 8.43. The molecule has 0 aliphatic carbocycles. The molecule has 4 N–H and O–H groups in total. The van der Waals surface area contributed by atoms with E-state index in [1.54, 1.807) is 0 Å². The van der Waals surface area contributed by atoms with Crippen molar-refractivity contribution in [2.75, 3.05) is 31.6 Å². The molecule has 1 aromatic carbocycles. The van der Waals surface area contributed by atoms with Crippen LogP contribution >= 0.6 is 0 Å². The van der Waals surface area contributed by atoms with E-state index < -0.39 is 0 Å². The summed E-state index contributed by atoms with van der Waals surface area (Å²) in [6.07, 6.45) is 16.2. The van der Waals surface area contributed by atoms with Gasteiger partial charge in [-0.15, -0.1) is 0 Å². The Morgan fingerprint density at radius 1 is 1.05 bits per heavy atom. The molecule has 2 saturated heterocycles. The second-order valence-electron chi connectivity index (χ2n) is 12.6. The van der Waals surface area contributed by atoms with Crippen LogP contribution in [0.3, 0.4) is 0 Å². The van der Waals surface area contributed by atoms with E-state index >= 15 is 0 Å². The van der Waals surface area contributed by atoms with Crippen LogP contribution in [-0.2, 0) is 9.59 Å². The van der Waals surface area contributed by atoms with Crippen LogP contribution in [0.5, 0.6) is 5.75 Å². The van der Waals surface area contributed by atoms with Gasteiger partial charge in [-0.2, -0.15) is 0 Å². The molecule has 2 aliphatic heterocycles. The van der Waals surface area contributed by atoms with Gasteiger partial charge in [0.05, 0.1) is 18.2 Å². The van der Waals surface area contributed by atoms with Gasteiger partial charge in [-0.3, -0.25) is 9.59 Å². The second kappa shape index (κ2) is 18.4. The lowest BCUT2D eigenvalue weighted by atomic mass is 10.0. The Morgan fingerprint density at radius 3 is 2.49 bits per heavy atom. The highest BCUT2D eigenvalue weighted by molar-refractivity contribution is 5.87. The van der Waals surface area contributed by atoms with Crippen molar-refractivity contribution in [2.45, 2.75) is 121 Å². The number of benzene rings is 1. The zero-order valence-corrected chi connectivity index (χ0v) is 26.6. The molecule has 9 nitrogen and oxygen atoms in total. The largest absolute Gasteiger partial charge is 0.494 e. The van der Waals surface area contributed by atoms with Crippen molar-refractivity contribution in [1.82, 2.24) is 20.9 Å². The molecule has 1 aromatic rings. The van der Waals surface area contributed by atoms with E-state index in [-0.39, 0.29) is 35.5 Å². The summed E-state index contributed by atoms with van der Waals surface area (Å²) in [6.45, 7) is 10.7. The van der Waals surface area contributed by atoms with Crippen LogP contribution in [0, 0.1) is 0 Å². The zero-order valence-electron chi connectivity index (χ0n) is 26.6. The van der Waals surface area contributed by atoms with Gasteiger partial charge in [-0.25, -0.2) is 4.79 Å². The Balaban J connectivity index is 1.10. The molecule has 2 heterocycles. The number of carbonyl (C=O) groups is 3. The number of nitrogens with one attached hydrogen (secondary N) is 4. The molecule has 3 atom stereocenters. The number of rotatable bonds is 21. The number of ether oxygens (including phenoxy) is 1. The Morgan fingerprint density at radius 2 is 1.77 bits per heavy atom. The Kier molecular flexibility index (Phi) is 14.7. The molecule has 0 radical (unpaired) electrons. The zero-order chi connectivity index (χ0) is 30.9. The third kappa shape index (κ3) is 12.9. The first-order valence-electron chi connectivity index (χ1n) is 16.5. The predicted molar refractivity (Wildman–Crippen MR) is 173 cm³/mol. The van der Waals surface area contributed by atoms with Gasteiger partial charge in [0.15, 0.2) is 0 Å². The molecule has 240 valence electrons. The van der Waals surface area contributed by atoms with Crippen LogP contribution in [0.1, 0.15) is 104 Å². The number of hydrogen-bond acceptors (Lipinski definition) is 5. The van der Waals surface area contributed by atoms with Gasteiger partial charge in [0.1, 0.15) is 5.75 Å². The average molecular weight is 598 g/mol. The molecule has 1 unspecified atom stereocenters. The summed E-state index contributed by atoms with van der Waals surface area (Å²) in [5.41, 5.74) is 0.865. The lowest BCUT2D eigenvalue weighted by Crippen LogP contribution is -2.39. The van der Waals surface area contributed by atoms with Crippen molar-refractivity contribution in [2.24, 2.45) is 0 Å². The summed E-state index contributed by atoms with van der Waals surface area (Å²) in [7, 11) is 0. The first kappa shape index (κ1) is 34.3. The smallest absolute Gasteiger partial charge is 0.315 e. The van der Waals surface area contributed by atoms with E-state index in [1.807, 2.05) is 36.1 Å². The number of unbranched alkanes of at least 4 members (excludes halogenated alkanes) is 9. The van der Waals surface area contributed by atoms with E-state index in [9.17, 15) is 14.4 Å². The fourth-order valence-electron chi connectivity index (χ4n) is 5.98. The van der Waals surface area contributed by atoms with Crippen molar-refractivity contribution in [1.29, 1.82) is 0 Å². The van der Waals surface area contributed by atoms with Crippen molar-refractivity contribution in [3.8, 4) is 5.75 Å². The van der Waals surface area contributed by atoms with Crippen LogP contribution in [0.15, 0.2) is 36.9 Å². The minimum atomic E-state index is -0.152. The molecule has 0 saturated carbocycles. The Hall–Kier alpha value is -3.23. The van der Waals surface area contributed by atoms with E-state index in [0.717, 1.165) is 82.5 Å². The molecule has 0 spiro atoms. The van der Waals surface area contributed by atoms with Gasteiger partial charge in [0.25, 0.3) is 0 Å². The molecular formula is C34H55N5O4. The van der Waals surface area contributed by atoms with Gasteiger partial charge < -0.3 is 30.9 Å². The maximum atomic E-state index is 12.0. The molecule has 4 amide bonds. The second-order valence-corrected chi connectivity index (χ2v) is 12.6. The number of hydrogen-bond donors (Lipinski definition) is 4. The van der Waals surface area contributed by atoms with E-state index in [1.165, 1.54) is 38.2 Å². The summed E-state index contributed by atoms with van der Waals surface area (Å²) < 4.78 is 6.01. The molecule has 9 heteroatoms. The first-order chi connectivity index (χ1) is 20.8. The Bertz CT molecular complexity index is 1030. The van der Waals surface area contributed by atoms with E-state index in [4.69, 9.17) is 4.74 Å². The standard InChI is InChI=1S/C34H55N5O4/c1-4-32(41)39-23-21-34(3,26-39)38-28-17-16-18-29(25-28)43-24-15-10-8-6-5-7-9-14-22-35-31(40)20-13-11-12-19-30-27(2)36-33(42)37-30/h4,16-18,25,27,30,38H,1,5-15,19-24,26H2,2-3H3,(H,35,40)(H2,36,37,42)/t27-,30+,34?/m0/s1. The van der Waals surface area contributed by atoms with Crippen LogP contribution in [0.25, 0.3) is 0 Å². The maximum absolute atomic E-state index is 12.0. The molecule has 3 rings (SSSR count). The third-order valence-corrected chi connectivity index (χ3v) is 8.60. The number of amides is 4. The average Bonchev–Trinajstić information content (AvgIpc) is 3.53. The van der Waals surface area contributed by atoms with Crippen LogP contribution < -0.4 is 26.0 Å². The van der Waals surface area contributed by atoms with Gasteiger partial charge >= 0.3 is 6.03 Å². The molecule has 0 bridgehead atoms. The maximum Gasteiger partial charge on any atom is 0.315 e. The van der Waals surface area contributed by atoms with Crippen molar-refractivity contribution < 1.29 is 19.1 Å². The lowest BCUT2D eigenvalue weighted by Gasteiger charge is -2.27. The van der Waals surface area contributed by atoms with Crippen LogP contribution in [-0.4, -0.2) is 66.6 Å². The lowest BCUT2D eigenvalue weighted by molar-refractivity contribution is -0.125. The summed E-state index contributed by atoms with van der Waals surface area (Å²) in [5.74, 6) is 1.02. The highest BCUT2D eigenvalue weighted by Crippen LogP contribution is 2.28.